The van der Waals surface area contributed by atoms with Crippen LogP contribution in [0.1, 0.15) is 17.3 Å². The van der Waals surface area contributed by atoms with Crippen molar-refractivity contribution in [1.82, 2.24) is 10.1 Å². The fourth-order valence-corrected chi connectivity index (χ4v) is 2.06. The predicted molar refractivity (Wildman–Crippen MR) is 70.6 cm³/mol. The van der Waals surface area contributed by atoms with E-state index in [0.29, 0.717) is 18.1 Å². The van der Waals surface area contributed by atoms with Gasteiger partial charge >= 0.3 is 0 Å². The zero-order chi connectivity index (χ0) is 12.4. The zero-order valence-corrected chi connectivity index (χ0v) is 10.4. The second-order valence-corrected chi connectivity index (χ2v) is 4.36. The standard InChI is InChI=1S/C14H11ClN2O/c15-9-14-16-13(17-18-14)8-10-5-6-11-3-1-2-4-12(11)7-10/h1-7H,8-9H2. The van der Waals surface area contributed by atoms with Crippen molar-refractivity contribution in [3.63, 3.8) is 0 Å². The Hall–Kier alpha value is -1.87. The number of halogens is 1. The Labute approximate surface area is 109 Å². The summed E-state index contributed by atoms with van der Waals surface area (Å²) in [6.45, 7) is 0. The molecule has 0 aliphatic rings. The van der Waals surface area contributed by atoms with Crippen molar-refractivity contribution in [2.24, 2.45) is 0 Å². The molecule has 3 aromatic rings. The molecule has 0 bridgehead atoms. The Bertz CT molecular complexity index is 678. The van der Waals surface area contributed by atoms with E-state index in [4.69, 9.17) is 16.1 Å². The molecule has 3 nitrogen and oxygen atoms in total. The molecule has 1 heterocycles. The van der Waals surface area contributed by atoms with Crippen LogP contribution >= 0.6 is 11.6 Å². The average molecular weight is 259 g/mol. The van der Waals surface area contributed by atoms with E-state index in [1.54, 1.807) is 0 Å². The minimum Gasteiger partial charge on any atom is -0.338 e. The van der Waals surface area contributed by atoms with Crippen LogP contribution in [0.5, 0.6) is 0 Å². The van der Waals surface area contributed by atoms with Gasteiger partial charge in [-0.1, -0.05) is 47.6 Å². The van der Waals surface area contributed by atoms with Crippen LogP contribution in [-0.4, -0.2) is 10.1 Å². The van der Waals surface area contributed by atoms with Crippen LogP contribution in [0.4, 0.5) is 0 Å². The highest BCUT2D eigenvalue weighted by molar-refractivity contribution is 6.16. The Kier molecular flexibility index (Phi) is 2.99. The van der Waals surface area contributed by atoms with E-state index < -0.39 is 0 Å². The Morgan fingerprint density at radius 2 is 1.89 bits per heavy atom. The van der Waals surface area contributed by atoms with Crippen LogP contribution in [0.2, 0.25) is 0 Å². The van der Waals surface area contributed by atoms with E-state index in [1.807, 2.05) is 12.1 Å². The first-order valence-electron chi connectivity index (χ1n) is 5.70. The number of aromatic nitrogens is 2. The molecule has 0 aliphatic carbocycles. The Morgan fingerprint density at radius 3 is 2.67 bits per heavy atom. The average Bonchev–Trinajstić information content (AvgIpc) is 2.86. The molecule has 0 radical (unpaired) electrons. The molecule has 0 fully saturated rings. The van der Waals surface area contributed by atoms with Crippen molar-refractivity contribution in [3.05, 3.63) is 59.7 Å². The van der Waals surface area contributed by atoms with Gasteiger partial charge in [-0.3, -0.25) is 0 Å². The Morgan fingerprint density at radius 1 is 1.06 bits per heavy atom. The van der Waals surface area contributed by atoms with E-state index in [-0.39, 0.29) is 5.88 Å². The summed E-state index contributed by atoms with van der Waals surface area (Å²) < 4.78 is 4.98. The number of fused-ring (bicyclic) bond motifs is 1. The second kappa shape index (κ2) is 4.78. The highest BCUT2D eigenvalue weighted by atomic mass is 35.5. The van der Waals surface area contributed by atoms with E-state index in [1.165, 1.54) is 10.8 Å². The SMILES string of the molecule is ClCc1nc(Cc2ccc3ccccc3c2)no1. The number of benzene rings is 2. The predicted octanol–water partition coefficient (Wildman–Crippen LogP) is 3.55. The molecule has 0 amide bonds. The molecule has 0 saturated heterocycles. The van der Waals surface area contributed by atoms with Crippen LogP contribution in [0.25, 0.3) is 10.8 Å². The van der Waals surface area contributed by atoms with Crippen molar-refractivity contribution < 1.29 is 4.52 Å². The first-order valence-corrected chi connectivity index (χ1v) is 6.24. The lowest BCUT2D eigenvalue weighted by Gasteiger charge is -2.00. The van der Waals surface area contributed by atoms with Gasteiger partial charge in [-0.25, -0.2) is 0 Å². The first-order chi connectivity index (χ1) is 8.85. The molecule has 0 aliphatic heterocycles. The quantitative estimate of drug-likeness (QED) is 0.675. The Balaban J connectivity index is 1.90. The number of nitrogens with zero attached hydrogens (tertiary/aromatic N) is 2. The van der Waals surface area contributed by atoms with Crippen LogP contribution in [0, 0.1) is 0 Å². The van der Waals surface area contributed by atoms with E-state index >= 15 is 0 Å². The van der Waals surface area contributed by atoms with E-state index in [2.05, 4.69) is 40.5 Å². The number of rotatable bonds is 3. The van der Waals surface area contributed by atoms with Gasteiger partial charge in [-0.2, -0.15) is 4.98 Å². The fourth-order valence-electron chi connectivity index (χ4n) is 1.95. The number of alkyl halides is 1. The van der Waals surface area contributed by atoms with Gasteiger partial charge in [0.15, 0.2) is 5.82 Å². The molecule has 18 heavy (non-hydrogen) atoms. The molecule has 90 valence electrons. The summed E-state index contributed by atoms with van der Waals surface area (Å²) in [7, 11) is 0. The third-order valence-corrected chi connectivity index (χ3v) is 3.03. The third-order valence-electron chi connectivity index (χ3n) is 2.80. The highest BCUT2D eigenvalue weighted by Gasteiger charge is 2.06. The minimum atomic E-state index is 0.255. The van der Waals surface area contributed by atoms with Gasteiger partial charge in [0.2, 0.25) is 5.89 Å². The maximum Gasteiger partial charge on any atom is 0.241 e. The van der Waals surface area contributed by atoms with Crippen molar-refractivity contribution in [3.8, 4) is 0 Å². The van der Waals surface area contributed by atoms with Gasteiger partial charge in [0, 0.05) is 6.42 Å². The number of hydrogen-bond donors (Lipinski definition) is 0. The minimum absolute atomic E-state index is 0.255. The monoisotopic (exact) mass is 258 g/mol. The maximum atomic E-state index is 5.63. The van der Waals surface area contributed by atoms with Gasteiger partial charge in [-0.05, 0) is 16.3 Å². The fraction of sp³-hybridized carbons (Fsp3) is 0.143. The summed E-state index contributed by atoms with van der Waals surface area (Å²) in [6.07, 6.45) is 0.658. The number of hydrogen-bond acceptors (Lipinski definition) is 3. The molecule has 3 rings (SSSR count). The van der Waals surface area contributed by atoms with Crippen LogP contribution in [0.3, 0.4) is 0 Å². The van der Waals surface area contributed by atoms with Crippen molar-refractivity contribution >= 4 is 22.4 Å². The van der Waals surface area contributed by atoms with E-state index in [0.717, 1.165) is 5.56 Å². The summed E-state index contributed by atoms with van der Waals surface area (Å²) in [5.41, 5.74) is 1.16. The van der Waals surface area contributed by atoms with Crippen molar-refractivity contribution in [2.45, 2.75) is 12.3 Å². The summed E-state index contributed by atoms with van der Waals surface area (Å²) in [5, 5.41) is 6.34. The van der Waals surface area contributed by atoms with Crippen molar-refractivity contribution in [1.29, 1.82) is 0 Å². The molecule has 0 saturated carbocycles. The first kappa shape index (κ1) is 11.2. The summed E-state index contributed by atoms with van der Waals surface area (Å²) in [4.78, 5) is 4.19. The van der Waals surface area contributed by atoms with Gasteiger partial charge in [-0.15, -0.1) is 11.6 Å². The van der Waals surface area contributed by atoms with Gasteiger partial charge in [0.1, 0.15) is 5.88 Å². The molecule has 4 heteroatoms. The van der Waals surface area contributed by atoms with Gasteiger partial charge < -0.3 is 4.52 Å². The molecule has 1 aromatic heterocycles. The molecular weight excluding hydrogens is 248 g/mol. The normalized spacial score (nSPS) is 10.9. The molecule has 0 N–H and O–H groups in total. The third kappa shape index (κ3) is 2.22. The lowest BCUT2D eigenvalue weighted by Crippen LogP contribution is -1.91. The smallest absolute Gasteiger partial charge is 0.241 e. The van der Waals surface area contributed by atoms with Gasteiger partial charge in [0.25, 0.3) is 0 Å². The highest BCUT2D eigenvalue weighted by Crippen LogP contribution is 2.17. The topological polar surface area (TPSA) is 38.9 Å². The van der Waals surface area contributed by atoms with Crippen molar-refractivity contribution in [2.75, 3.05) is 0 Å². The van der Waals surface area contributed by atoms with Crippen LogP contribution in [-0.2, 0) is 12.3 Å². The van der Waals surface area contributed by atoms with Crippen LogP contribution < -0.4 is 0 Å². The molecule has 2 aromatic carbocycles. The molecule has 0 atom stereocenters. The molecular formula is C14H11ClN2O. The van der Waals surface area contributed by atoms with Crippen LogP contribution in [0.15, 0.2) is 47.0 Å². The lowest BCUT2D eigenvalue weighted by atomic mass is 10.1. The summed E-state index contributed by atoms with van der Waals surface area (Å²) >= 11 is 5.63. The second-order valence-electron chi connectivity index (χ2n) is 4.10. The summed E-state index contributed by atoms with van der Waals surface area (Å²) in [6, 6.07) is 14.6. The summed E-state index contributed by atoms with van der Waals surface area (Å²) in [5.74, 6) is 1.39. The van der Waals surface area contributed by atoms with Gasteiger partial charge in [0.05, 0.1) is 0 Å². The lowest BCUT2D eigenvalue weighted by molar-refractivity contribution is 0.385. The molecule has 0 unspecified atom stereocenters. The maximum absolute atomic E-state index is 5.63. The van der Waals surface area contributed by atoms with E-state index in [9.17, 15) is 0 Å². The zero-order valence-electron chi connectivity index (χ0n) is 9.64. The largest absolute Gasteiger partial charge is 0.338 e. The molecule has 0 spiro atoms.